The number of nitrogens with one attached hydrogen (secondary N) is 1. The molecule has 1 unspecified atom stereocenters. The maximum absolute atomic E-state index is 12.5. The van der Waals surface area contributed by atoms with Gasteiger partial charge < -0.3 is 10.2 Å². The molecule has 21 heavy (non-hydrogen) atoms. The lowest BCUT2D eigenvalue weighted by Gasteiger charge is -2.31. The highest BCUT2D eigenvalue weighted by Crippen LogP contribution is 2.14. The summed E-state index contributed by atoms with van der Waals surface area (Å²) in [6, 6.07) is 9.75. The maximum atomic E-state index is 12.5. The molecule has 0 radical (unpaired) electrons. The number of carbonyl (C=O) groups is 1. The number of hydrogen-bond acceptors (Lipinski definition) is 3. The fourth-order valence-corrected chi connectivity index (χ4v) is 2.71. The van der Waals surface area contributed by atoms with Gasteiger partial charge in [0, 0.05) is 37.6 Å². The van der Waals surface area contributed by atoms with Crippen LogP contribution in [0.15, 0.2) is 42.7 Å². The first kappa shape index (κ1) is 13.8. The van der Waals surface area contributed by atoms with Crippen molar-refractivity contribution in [1.82, 2.24) is 20.0 Å². The van der Waals surface area contributed by atoms with Crippen molar-refractivity contribution in [1.29, 1.82) is 0 Å². The van der Waals surface area contributed by atoms with Crippen LogP contribution < -0.4 is 5.32 Å². The lowest BCUT2D eigenvalue weighted by Crippen LogP contribution is -2.46. The Hall–Kier alpha value is -2.14. The predicted molar refractivity (Wildman–Crippen MR) is 81.5 cm³/mol. The van der Waals surface area contributed by atoms with E-state index in [2.05, 4.69) is 10.4 Å². The minimum atomic E-state index is 0.0794. The molecule has 0 aliphatic carbocycles. The van der Waals surface area contributed by atoms with Crippen LogP contribution in [0, 0.1) is 0 Å². The number of amides is 1. The van der Waals surface area contributed by atoms with Crippen molar-refractivity contribution < 1.29 is 4.79 Å². The smallest absolute Gasteiger partial charge is 0.253 e. The van der Waals surface area contributed by atoms with Crippen LogP contribution in [0.4, 0.5) is 0 Å². The summed E-state index contributed by atoms with van der Waals surface area (Å²) >= 11 is 0. The number of carbonyl (C=O) groups excluding carboxylic acids is 1. The van der Waals surface area contributed by atoms with E-state index in [1.54, 1.807) is 10.9 Å². The molecule has 1 amide bonds. The summed E-state index contributed by atoms with van der Waals surface area (Å²) in [6.07, 6.45) is 5.82. The average Bonchev–Trinajstić information content (AvgIpc) is 3.09. The minimum Gasteiger partial charge on any atom is -0.337 e. The first-order chi connectivity index (χ1) is 10.3. The molecule has 1 aliphatic rings. The van der Waals surface area contributed by atoms with Gasteiger partial charge in [-0.1, -0.05) is 0 Å². The summed E-state index contributed by atoms with van der Waals surface area (Å²) in [4.78, 5) is 14.4. The van der Waals surface area contributed by atoms with E-state index in [0.717, 1.165) is 37.2 Å². The molecule has 0 bridgehead atoms. The molecule has 1 aromatic carbocycles. The molecule has 1 aliphatic heterocycles. The van der Waals surface area contributed by atoms with Crippen LogP contribution in [0.25, 0.3) is 5.69 Å². The second kappa shape index (κ2) is 6.10. The van der Waals surface area contributed by atoms with Crippen molar-refractivity contribution in [2.75, 3.05) is 20.1 Å². The third-order valence-electron chi connectivity index (χ3n) is 4.02. The summed E-state index contributed by atoms with van der Waals surface area (Å²) in [7, 11) is 1.89. The zero-order valence-corrected chi connectivity index (χ0v) is 12.2. The van der Waals surface area contributed by atoms with Crippen LogP contribution >= 0.6 is 0 Å². The fraction of sp³-hybridized carbons (Fsp3) is 0.375. The molecule has 1 N–H and O–H groups in total. The number of nitrogens with zero attached hydrogens (tertiary/aromatic N) is 3. The molecule has 0 spiro atoms. The Morgan fingerprint density at radius 3 is 2.81 bits per heavy atom. The predicted octanol–water partition coefficient (Wildman–Crippen LogP) is 1.70. The Kier molecular flexibility index (Phi) is 4.01. The van der Waals surface area contributed by atoms with Gasteiger partial charge in [0.15, 0.2) is 0 Å². The van der Waals surface area contributed by atoms with Crippen molar-refractivity contribution in [2.45, 2.75) is 18.9 Å². The summed E-state index contributed by atoms with van der Waals surface area (Å²) in [6.45, 7) is 1.94. The molecular weight excluding hydrogens is 264 g/mol. The number of likely N-dealkylation sites (N-methyl/N-ethyl adjacent to an activating group) is 1. The Morgan fingerprint density at radius 1 is 1.38 bits per heavy atom. The Bertz CT molecular complexity index is 585. The van der Waals surface area contributed by atoms with E-state index < -0.39 is 0 Å². The molecule has 1 aromatic heterocycles. The normalized spacial score (nSPS) is 18.4. The number of hydrogen-bond donors (Lipinski definition) is 1. The molecule has 3 rings (SSSR count). The summed E-state index contributed by atoms with van der Waals surface area (Å²) in [5, 5.41) is 7.53. The number of aromatic nitrogens is 2. The van der Waals surface area contributed by atoms with Gasteiger partial charge in [0.2, 0.25) is 0 Å². The van der Waals surface area contributed by atoms with Gasteiger partial charge in [-0.15, -0.1) is 0 Å². The molecule has 1 fully saturated rings. The van der Waals surface area contributed by atoms with Gasteiger partial charge in [-0.05, 0) is 49.7 Å². The Labute approximate surface area is 124 Å². The molecule has 110 valence electrons. The molecule has 2 aromatic rings. The Balaban J connectivity index is 1.72. The van der Waals surface area contributed by atoms with E-state index in [-0.39, 0.29) is 11.9 Å². The monoisotopic (exact) mass is 284 g/mol. The number of rotatable bonds is 3. The minimum absolute atomic E-state index is 0.0794. The molecule has 5 heteroatoms. The third-order valence-corrected chi connectivity index (χ3v) is 4.02. The van der Waals surface area contributed by atoms with Gasteiger partial charge in [0.25, 0.3) is 5.91 Å². The van der Waals surface area contributed by atoms with E-state index in [1.807, 2.05) is 48.5 Å². The zero-order valence-electron chi connectivity index (χ0n) is 12.2. The molecule has 1 atom stereocenters. The summed E-state index contributed by atoms with van der Waals surface area (Å²) in [5.41, 5.74) is 1.68. The maximum Gasteiger partial charge on any atom is 0.253 e. The summed E-state index contributed by atoms with van der Waals surface area (Å²) in [5.74, 6) is 0.0794. The standard InChI is InChI=1S/C16H20N4O/c1-19(15-4-2-9-17-12-15)16(21)13-5-7-14(8-6-13)20-11-3-10-18-20/h3,5-8,10-11,15,17H,2,4,9,12H2,1H3. The highest BCUT2D eigenvalue weighted by molar-refractivity contribution is 5.94. The second-order valence-electron chi connectivity index (χ2n) is 5.41. The van der Waals surface area contributed by atoms with Crippen LogP contribution in [-0.2, 0) is 0 Å². The van der Waals surface area contributed by atoms with Crippen molar-refractivity contribution >= 4 is 5.91 Å². The Morgan fingerprint density at radius 2 is 2.19 bits per heavy atom. The van der Waals surface area contributed by atoms with Crippen molar-refractivity contribution in [3.63, 3.8) is 0 Å². The van der Waals surface area contributed by atoms with Crippen LogP contribution in [0.1, 0.15) is 23.2 Å². The highest BCUT2D eigenvalue weighted by Gasteiger charge is 2.22. The van der Waals surface area contributed by atoms with Crippen LogP contribution in [-0.4, -0.2) is 46.8 Å². The van der Waals surface area contributed by atoms with Gasteiger partial charge in [0.05, 0.1) is 5.69 Å². The summed E-state index contributed by atoms with van der Waals surface area (Å²) < 4.78 is 1.78. The van der Waals surface area contributed by atoms with Gasteiger partial charge in [-0.2, -0.15) is 5.10 Å². The van der Waals surface area contributed by atoms with Crippen molar-refractivity contribution in [3.05, 3.63) is 48.3 Å². The zero-order chi connectivity index (χ0) is 14.7. The molecule has 0 saturated carbocycles. The first-order valence-corrected chi connectivity index (χ1v) is 7.33. The van der Waals surface area contributed by atoms with Gasteiger partial charge in [-0.25, -0.2) is 4.68 Å². The largest absolute Gasteiger partial charge is 0.337 e. The fourth-order valence-electron chi connectivity index (χ4n) is 2.71. The quantitative estimate of drug-likeness (QED) is 0.933. The number of benzene rings is 1. The molecular formula is C16H20N4O. The van der Waals surface area contributed by atoms with E-state index in [4.69, 9.17) is 0 Å². The van der Waals surface area contributed by atoms with Crippen molar-refractivity contribution in [2.24, 2.45) is 0 Å². The van der Waals surface area contributed by atoms with Gasteiger partial charge in [0.1, 0.15) is 0 Å². The number of piperidine rings is 1. The lowest BCUT2D eigenvalue weighted by atomic mass is 10.1. The lowest BCUT2D eigenvalue weighted by molar-refractivity contribution is 0.0708. The van der Waals surface area contributed by atoms with Crippen molar-refractivity contribution in [3.8, 4) is 5.69 Å². The van der Waals surface area contributed by atoms with E-state index in [9.17, 15) is 4.79 Å². The van der Waals surface area contributed by atoms with Gasteiger partial charge >= 0.3 is 0 Å². The molecule has 5 nitrogen and oxygen atoms in total. The SMILES string of the molecule is CN(C(=O)c1ccc(-n2cccn2)cc1)C1CCCNC1. The average molecular weight is 284 g/mol. The highest BCUT2D eigenvalue weighted by atomic mass is 16.2. The van der Waals surface area contributed by atoms with Crippen LogP contribution in [0.5, 0.6) is 0 Å². The van der Waals surface area contributed by atoms with Crippen LogP contribution in [0.3, 0.4) is 0 Å². The third kappa shape index (κ3) is 2.97. The van der Waals surface area contributed by atoms with Gasteiger partial charge in [-0.3, -0.25) is 4.79 Å². The molecule has 2 heterocycles. The molecule has 1 saturated heterocycles. The van der Waals surface area contributed by atoms with E-state index in [1.165, 1.54) is 0 Å². The second-order valence-corrected chi connectivity index (χ2v) is 5.41. The first-order valence-electron chi connectivity index (χ1n) is 7.33. The van der Waals surface area contributed by atoms with E-state index >= 15 is 0 Å². The van der Waals surface area contributed by atoms with Crippen LogP contribution in [0.2, 0.25) is 0 Å². The van der Waals surface area contributed by atoms with E-state index in [0.29, 0.717) is 0 Å². The topological polar surface area (TPSA) is 50.2 Å².